The van der Waals surface area contributed by atoms with Gasteiger partial charge in [0, 0.05) is 11.5 Å². The normalized spacial score (nSPS) is 11.8. The van der Waals surface area contributed by atoms with E-state index in [2.05, 4.69) is 10.2 Å². The maximum Gasteiger partial charge on any atom is 0.442 e. The van der Waals surface area contributed by atoms with Crippen LogP contribution in [-0.4, -0.2) is 30.6 Å². The van der Waals surface area contributed by atoms with E-state index in [0.29, 0.717) is 34.5 Å². The third-order valence-electron chi connectivity index (χ3n) is 5.32. The number of rotatable bonds is 5. The number of hydrogen-bond donors (Lipinski definition) is 1. The summed E-state index contributed by atoms with van der Waals surface area (Å²) in [7, 11) is 0. The molecule has 0 atom stereocenters. The fraction of sp³-hybridized carbons (Fsp3) is 0.320. The topological polar surface area (TPSA) is 144 Å². The molecule has 18 heteroatoms. The van der Waals surface area contributed by atoms with Gasteiger partial charge in [-0.2, -0.15) is 23.0 Å². The molecule has 0 saturated carbocycles. The maximum atomic E-state index is 12.6. The van der Waals surface area contributed by atoms with Crippen molar-refractivity contribution in [3.63, 3.8) is 0 Å². The highest BCUT2D eigenvalue weighted by atomic mass is 35.5. The molecule has 2 heterocycles. The molecule has 4 rings (SSSR count). The molecule has 2 aromatic carbocycles. The summed E-state index contributed by atoms with van der Waals surface area (Å²) in [6.07, 6.45) is -3.85. The molecule has 0 fully saturated rings. The molecule has 0 radical (unpaired) electrons. The number of nitrogen functional groups attached to an aromatic ring is 1. The summed E-state index contributed by atoms with van der Waals surface area (Å²) in [5.41, 5.74) is 3.76. The molecule has 0 aliphatic heterocycles. The minimum atomic E-state index is -4.63. The molecule has 0 spiro atoms. The number of alkyl halides is 3. The summed E-state index contributed by atoms with van der Waals surface area (Å²) in [6, 6.07) is 4.38. The van der Waals surface area contributed by atoms with E-state index in [0.717, 1.165) is 15.6 Å². The first-order chi connectivity index (χ1) is 19.7. The lowest BCUT2D eigenvalue weighted by Gasteiger charge is -2.13. The molecule has 0 unspecified atom stereocenters. The van der Waals surface area contributed by atoms with E-state index in [1.165, 1.54) is 6.07 Å². The van der Waals surface area contributed by atoms with Crippen molar-refractivity contribution < 1.29 is 27.2 Å². The predicted molar refractivity (Wildman–Crippen MR) is 156 cm³/mol. The summed E-state index contributed by atoms with van der Waals surface area (Å²) in [5.74, 6) is -0.244. The quantitative estimate of drug-likeness (QED) is 0.165. The lowest BCUT2D eigenvalue weighted by Crippen LogP contribution is -2.15. The van der Waals surface area contributed by atoms with E-state index in [-0.39, 0.29) is 32.3 Å². The Labute approximate surface area is 262 Å². The fourth-order valence-corrected chi connectivity index (χ4v) is 4.51. The predicted octanol–water partition coefficient (Wildman–Crippen LogP) is 7.91. The molecule has 0 saturated heterocycles. The molecular formula is C25H23Cl4F3N6O5. The van der Waals surface area contributed by atoms with Crippen LogP contribution in [0.2, 0.25) is 20.1 Å². The Bertz CT molecular complexity index is 1700. The zero-order valence-corrected chi connectivity index (χ0v) is 26.0. The van der Waals surface area contributed by atoms with Crippen LogP contribution in [0.1, 0.15) is 46.1 Å². The average Bonchev–Trinajstić information content (AvgIpc) is 3.43. The molecule has 0 amide bonds. The fourth-order valence-electron chi connectivity index (χ4n) is 3.36. The maximum absolute atomic E-state index is 12.6. The number of halogens is 7. The third kappa shape index (κ3) is 7.74. The third-order valence-corrected chi connectivity index (χ3v) is 6.49. The van der Waals surface area contributed by atoms with Crippen molar-refractivity contribution in [3.05, 3.63) is 82.7 Å². The monoisotopic (exact) mass is 684 g/mol. The van der Waals surface area contributed by atoms with Crippen molar-refractivity contribution in [1.82, 2.24) is 19.6 Å². The molecule has 0 bridgehead atoms. The Hall–Kier alpha value is -3.46. The van der Waals surface area contributed by atoms with Crippen LogP contribution in [0.15, 0.2) is 39.7 Å². The Morgan fingerprint density at radius 2 is 1.58 bits per heavy atom. The summed E-state index contributed by atoms with van der Waals surface area (Å²) in [4.78, 5) is 22.0. The molecule has 0 aliphatic rings. The SMILES string of the molecule is CC(C)Oc1cc(-n2nc(C(C)(C)C)oc2=O)c(Cl)cc1Cl.Nc1c([N+](=O)[O-])cnn1-c1c(Cl)cc(C(F)(F)F)cc1Cl. The van der Waals surface area contributed by atoms with E-state index in [9.17, 15) is 28.1 Å². The number of ether oxygens (including phenoxy) is 1. The van der Waals surface area contributed by atoms with Gasteiger partial charge < -0.3 is 14.9 Å². The van der Waals surface area contributed by atoms with Crippen LogP contribution in [-0.2, 0) is 11.6 Å². The highest BCUT2D eigenvalue weighted by Gasteiger charge is 2.33. The van der Waals surface area contributed by atoms with Crippen molar-refractivity contribution in [2.75, 3.05) is 5.73 Å². The van der Waals surface area contributed by atoms with Gasteiger partial charge in [-0.1, -0.05) is 67.2 Å². The van der Waals surface area contributed by atoms with Crippen molar-refractivity contribution >= 4 is 57.9 Å². The Balaban J connectivity index is 0.000000236. The Kier molecular flexibility index (Phi) is 10.0. The van der Waals surface area contributed by atoms with Gasteiger partial charge in [-0.3, -0.25) is 10.1 Å². The number of anilines is 1. The van der Waals surface area contributed by atoms with E-state index < -0.39 is 33.9 Å². The molecule has 232 valence electrons. The zero-order valence-electron chi connectivity index (χ0n) is 23.0. The van der Waals surface area contributed by atoms with Crippen LogP contribution in [0.25, 0.3) is 11.4 Å². The second-order valence-electron chi connectivity index (χ2n) is 10.1. The van der Waals surface area contributed by atoms with Gasteiger partial charge in [0.25, 0.3) is 0 Å². The van der Waals surface area contributed by atoms with E-state index in [1.54, 1.807) is 6.07 Å². The van der Waals surface area contributed by atoms with Gasteiger partial charge >= 0.3 is 17.6 Å². The summed E-state index contributed by atoms with van der Waals surface area (Å²) < 4.78 is 50.6. The number of benzene rings is 2. The van der Waals surface area contributed by atoms with Crippen LogP contribution < -0.4 is 16.2 Å². The lowest BCUT2D eigenvalue weighted by molar-refractivity contribution is -0.383. The van der Waals surface area contributed by atoms with Crippen molar-refractivity contribution in [3.8, 4) is 17.1 Å². The Morgan fingerprint density at radius 3 is 2.02 bits per heavy atom. The molecule has 43 heavy (non-hydrogen) atoms. The van der Waals surface area contributed by atoms with Crippen LogP contribution >= 0.6 is 46.4 Å². The van der Waals surface area contributed by atoms with E-state index in [1.807, 2.05) is 34.6 Å². The van der Waals surface area contributed by atoms with Gasteiger partial charge in [0.15, 0.2) is 0 Å². The number of aromatic nitrogens is 4. The van der Waals surface area contributed by atoms with Crippen molar-refractivity contribution in [2.45, 2.75) is 52.3 Å². The number of hydrogen-bond acceptors (Lipinski definition) is 8. The second kappa shape index (κ2) is 12.6. The van der Waals surface area contributed by atoms with Crippen LogP contribution in [0.5, 0.6) is 5.75 Å². The highest BCUT2D eigenvalue weighted by Crippen LogP contribution is 2.39. The summed E-state index contributed by atoms with van der Waals surface area (Å²) >= 11 is 23.8. The minimum Gasteiger partial charge on any atom is -0.489 e. The zero-order chi connectivity index (χ0) is 32.6. The summed E-state index contributed by atoms with van der Waals surface area (Å²) in [6.45, 7) is 9.47. The van der Waals surface area contributed by atoms with E-state index in [4.69, 9.17) is 61.3 Å². The smallest absolute Gasteiger partial charge is 0.442 e. The Morgan fingerprint density at radius 1 is 1.00 bits per heavy atom. The highest BCUT2D eigenvalue weighted by molar-refractivity contribution is 6.38. The molecule has 2 N–H and O–H groups in total. The number of nitro groups is 1. The molecule has 2 aromatic heterocycles. The molecule has 4 aromatic rings. The second-order valence-corrected chi connectivity index (χ2v) is 11.7. The lowest BCUT2D eigenvalue weighted by atomic mass is 9.97. The van der Waals surface area contributed by atoms with Gasteiger partial charge in [-0.05, 0) is 32.0 Å². The van der Waals surface area contributed by atoms with Crippen LogP contribution in [0.4, 0.5) is 24.7 Å². The average molecular weight is 686 g/mol. The molecule has 0 aliphatic carbocycles. The van der Waals surface area contributed by atoms with Crippen LogP contribution in [0.3, 0.4) is 0 Å². The first kappa shape index (κ1) is 34.0. The largest absolute Gasteiger partial charge is 0.489 e. The van der Waals surface area contributed by atoms with E-state index >= 15 is 0 Å². The van der Waals surface area contributed by atoms with Gasteiger partial charge in [-0.15, -0.1) is 5.10 Å². The number of nitrogens with two attached hydrogens (primary N) is 1. The van der Waals surface area contributed by atoms with Gasteiger partial charge in [0.1, 0.15) is 17.6 Å². The standard InChI is InChI=1S/C15H18Cl2N2O3.C10H5Cl2F3N4O2/c1-8(2)21-12-7-11(9(16)6-10(12)17)19-14(20)22-13(18-19)15(3,4)5;11-5-1-4(10(13,14)15)2-6(12)8(5)18-9(16)7(3-17-18)19(20)21/h6-8H,1-5H3;1-3H,16H2. The minimum absolute atomic E-state index is 0.0642. The van der Waals surface area contributed by atoms with Gasteiger partial charge in [0.2, 0.25) is 11.7 Å². The first-order valence-corrected chi connectivity index (χ1v) is 13.5. The van der Waals surface area contributed by atoms with Gasteiger partial charge in [0.05, 0.1) is 42.4 Å². The molecule has 11 nitrogen and oxygen atoms in total. The van der Waals surface area contributed by atoms with Crippen molar-refractivity contribution in [2.24, 2.45) is 0 Å². The van der Waals surface area contributed by atoms with Gasteiger partial charge in [-0.25, -0.2) is 9.48 Å². The van der Waals surface area contributed by atoms with Crippen LogP contribution in [0, 0.1) is 10.1 Å². The summed E-state index contributed by atoms with van der Waals surface area (Å²) in [5, 5.41) is 18.4. The molecular weight excluding hydrogens is 663 g/mol. The number of nitrogens with zero attached hydrogens (tertiary/aromatic N) is 5. The van der Waals surface area contributed by atoms with Crippen molar-refractivity contribution in [1.29, 1.82) is 0 Å². The first-order valence-electron chi connectivity index (χ1n) is 12.0.